The number of rotatable bonds is 38. The first kappa shape index (κ1) is 47.8. The van der Waals surface area contributed by atoms with Crippen LogP contribution in [0.4, 0.5) is 0 Å². The average Bonchev–Trinajstić information content (AvgIpc) is 3.07. The van der Waals surface area contributed by atoms with Crippen LogP contribution < -0.4 is 9.79 Å². The van der Waals surface area contributed by atoms with Crippen molar-refractivity contribution in [2.24, 2.45) is 0 Å². The molecular formula is C40H75O8P-2. The molecule has 0 saturated carbocycles. The van der Waals surface area contributed by atoms with Gasteiger partial charge in [-0.3, -0.25) is 9.59 Å². The standard InChI is InChI=1S/C40H77O8P/c1-3-5-7-9-11-13-15-17-19-21-23-25-27-29-31-33-35-40(42)48-38(37-47-49(43,44)45)36-46-39(41)34-32-30-28-26-24-22-20-18-16-14-12-10-8-6-4-2/h18,20,38H,3-17,19,21-37H2,1-2H3,(H2,43,44,45)/p-2/b20-18-/t38-/m1/s1. The number of phosphoric ester groups is 1. The highest BCUT2D eigenvalue weighted by atomic mass is 31.2. The monoisotopic (exact) mass is 715 g/mol. The van der Waals surface area contributed by atoms with E-state index in [1.807, 2.05) is 0 Å². The Labute approximate surface area is 301 Å². The second kappa shape index (κ2) is 36.6. The number of carbonyl (C=O) groups excluding carboxylic acids is 2. The van der Waals surface area contributed by atoms with Crippen molar-refractivity contribution in [3.8, 4) is 0 Å². The van der Waals surface area contributed by atoms with Crippen LogP contribution in [0.25, 0.3) is 0 Å². The zero-order chi connectivity index (χ0) is 36.1. The van der Waals surface area contributed by atoms with Crippen molar-refractivity contribution in [3.63, 3.8) is 0 Å². The van der Waals surface area contributed by atoms with Crippen LogP contribution >= 0.6 is 7.82 Å². The number of hydrogen-bond acceptors (Lipinski definition) is 8. The van der Waals surface area contributed by atoms with E-state index in [0.29, 0.717) is 12.8 Å². The summed E-state index contributed by atoms with van der Waals surface area (Å²) in [5.74, 6) is -0.956. The molecule has 1 atom stereocenters. The summed E-state index contributed by atoms with van der Waals surface area (Å²) in [5.41, 5.74) is 0. The molecule has 9 heteroatoms. The van der Waals surface area contributed by atoms with E-state index in [9.17, 15) is 23.9 Å². The van der Waals surface area contributed by atoms with Crippen molar-refractivity contribution in [2.75, 3.05) is 13.2 Å². The van der Waals surface area contributed by atoms with E-state index < -0.39 is 32.5 Å². The topological polar surface area (TPSA) is 125 Å². The summed E-state index contributed by atoms with van der Waals surface area (Å²) in [4.78, 5) is 46.5. The maximum atomic E-state index is 12.4. The molecule has 0 rings (SSSR count). The molecular weight excluding hydrogens is 639 g/mol. The minimum absolute atomic E-state index is 0.185. The first-order valence-corrected chi connectivity index (χ1v) is 21.9. The van der Waals surface area contributed by atoms with E-state index >= 15 is 0 Å². The lowest BCUT2D eigenvalue weighted by atomic mass is 10.0. The molecule has 0 unspecified atom stereocenters. The minimum Gasteiger partial charge on any atom is -0.790 e. The van der Waals surface area contributed by atoms with Gasteiger partial charge in [0.2, 0.25) is 0 Å². The predicted octanol–water partition coefficient (Wildman–Crippen LogP) is 11.0. The fourth-order valence-corrected chi connectivity index (χ4v) is 6.30. The summed E-state index contributed by atoms with van der Waals surface area (Å²) in [6.45, 7) is 3.50. The fraction of sp³-hybridized carbons (Fsp3) is 0.900. The Morgan fingerprint density at radius 3 is 1.24 bits per heavy atom. The third kappa shape index (κ3) is 39.4. The highest BCUT2D eigenvalue weighted by Gasteiger charge is 2.18. The molecule has 0 aliphatic heterocycles. The summed E-state index contributed by atoms with van der Waals surface area (Å²) in [5, 5.41) is 0. The van der Waals surface area contributed by atoms with Crippen molar-refractivity contribution >= 4 is 19.8 Å². The minimum atomic E-state index is -5.25. The van der Waals surface area contributed by atoms with Gasteiger partial charge in [-0.1, -0.05) is 174 Å². The smallest absolute Gasteiger partial charge is 0.306 e. The summed E-state index contributed by atoms with van der Waals surface area (Å²) < 4.78 is 25.8. The Morgan fingerprint density at radius 2 is 0.857 bits per heavy atom. The normalized spacial score (nSPS) is 12.5. The van der Waals surface area contributed by atoms with Crippen LogP contribution in [-0.4, -0.2) is 31.3 Å². The SMILES string of the molecule is CCCCCCCC/C=C\CCCCCCCC(=O)OC[C@H](COP(=O)([O-])[O-])OC(=O)CCCCCCCCCCCCCCCCCC. The summed E-state index contributed by atoms with van der Waals surface area (Å²) >= 11 is 0. The van der Waals surface area contributed by atoms with Crippen LogP contribution in [0.5, 0.6) is 0 Å². The molecule has 49 heavy (non-hydrogen) atoms. The Hall–Kier alpha value is -1.21. The van der Waals surface area contributed by atoms with Crippen LogP contribution in [0.3, 0.4) is 0 Å². The molecule has 0 aliphatic carbocycles. The van der Waals surface area contributed by atoms with Crippen LogP contribution in [-0.2, 0) is 28.2 Å². The van der Waals surface area contributed by atoms with Gasteiger partial charge in [-0.15, -0.1) is 0 Å². The molecule has 0 spiro atoms. The van der Waals surface area contributed by atoms with Gasteiger partial charge >= 0.3 is 11.9 Å². The average molecular weight is 715 g/mol. The lowest BCUT2D eigenvalue weighted by Crippen LogP contribution is -2.31. The van der Waals surface area contributed by atoms with E-state index in [4.69, 9.17) is 9.47 Å². The van der Waals surface area contributed by atoms with Gasteiger partial charge in [0.1, 0.15) is 6.61 Å². The molecule has 0 aromatic carbocycles. The molecule has 0 aliphatic rings. The van der Waals surface area contributed by atoms with Gasteiger partial charge in [0, 0.05) is 12.8 Å². The molecule has 0 amide bonds. The zero-order valence-corrected chi connectivity index (χ0v) is 32.7. The molecule has 0 saturated heterocycles. The highest BCUT2D eigenvalue weighted by Crippen LogP contribution is 2.25. The molecule has 8 nitrogen and oxygen atoms in total. The maximum absolute atomic E-state index is 12.4. The van der Waals surface area contributed by atoms with Crippen molar-refractivity contribution in [1.29, 1.82) is 0 Å². The lowest BCUT2D eigenvalue weighted by Gasteiger charge is -2.30. The van der Waals surface area contributed by atoms with E-state index in [2.05, 4.69) is 30.5 Å². The summed E-state index contributed by atoms with van der Waals surface area (Å²) in [6, 6.07) is 0. The molecule has 0 N–H and O–H groups in total. The number of allylic oxidation sites excluding steroid dienone is 2. The van der Waals surface area contributed by atoms with Crippen LogP contribution in [0, 0.1) is 0 Å². The van der Waals surface area contributed by atoms with E-state index in [1.165, 1.54) is 122 Å². The molecule has 0 aromatic heterocycles. The quantitative estimate of drug-likeness (QED) is 0.0268. The molecule has 290 valence electrons. The third-order valence-electron chi connectivity index (χ3n) is 9.02. The Bertz CT molecular complexity index is 812. The van der Waals surface area contributed by atoms with Crippen molar-refractivity contribution in [2.45, 2.75) is 219 Å². The number of hydrogen-bond donors (Lipinski definition) is 0. The molecule has 0 bridgehead atoms. The molecule has 0 radical (unpaired) electrons. The maximum Gasteiger partial charge on any atom is 0.306 e. The number of esters is 2. The van der Waals surface area contributed by atoms with Crippen LogP contribution in [0.2, 0.25) is 0 Å². The van der Waals surface area contributed by atoms with E-state index in [0.717, 1.165) is 51.4 Å². The Kier molecular flexibility index (Phi) is 35.7. The summed E-state index contributed by atoms with van der Waals surface area (Å²) in [6.07, 6.45) is 38.9. The van der Waals surface area contributed by atoms with Gasteiger partial charge in [0.05, 0.1) is 14.4 Å². The van der Waals surface area contributed by atoms with Gasteiger partial charge in [0.25, 0.3) is 0 Å². The largest absolute Gasteiger partial charge is 0.790 e. The van der Waals surface area contributed by atoms with Gasteiger partial charge in [-0.05, 0) is 38.5 Å². The Morgan fingerprint density at radius 1 is 0.510 bits per heavy atom. The highest BCUT2D eigenvalue weighted by molar-refractivity contribution is 7.43. The first-order chi connectivity index (χ1) is 23.8. The molecule has 0 fully saturated rings. The number of unbranched alkanes of at least 4 members (excludes halogenated alkanes) is 26. The van der Waals surface area contributed by atoms with Crippen molar-refractivity contribution in [1.82, 2.24) is 0 Å². The third-order valence-corrected chi connectivity index (χ3v) is 9.49. The first-order valence-electron chi connectivity index (χ1n) is 20.4. The molecule has 0 aromatic rings. The van der Waals surface area contributed by atoms with Crippen LogP contribution in [0.1, 0.15) is 213 Å². The van der Waals surface area contributed by atoms with Gasteiger partial charge in [-0.25, -0.2) is 0 Å². The van der Waals surface area contributed by atoms with Gasteiger partial charge in [0.15, 0.2) is 6.10 Å². The number of ether oxygens (including phenoxy) is 2. The van der Waals surface area contributed by atoms with Gasteiger partial charge in [-0.2, -0.15) is 0 Å². The predicted molar refractivity (Wildman–Crippen MR) is 198 cm³/mol. The van der Waals surface area contributed by atoms with E-state index in [1.54, 1.807) is 0 Å². The number of carbonyl (C=O) groups is 2. The van der Waals surface area contributed by atoms with E-state index in [-0.39, 0.29) is 19.4 Å². The second-order valence-electron chi connectivity index (χ2n) is 13.9. The fourth-order valence-electron chi connectivity index (χ4n) is 5.95. The lowest BCUT2D eigenvalue weighted by molar-refractivity contribution is -0.343. The molecule has 0 heterocycles. The second-order valence-corrected chi connectivity index (χ2v) is 15.1. The van der Waals surface area contributed by atoms with Crippen molar-refractivity contribution in [3.05, 3.63) is 12.2 Å². The summed E-state index contributed by atoms with van der Waals surface area (Å²) in [7, 11) is -5.25. The van der Waals surface area contributed by atoms with Crippen LogP contribution in [0.15, 0.2) is 12.2 Å². The number of phosphoric acid groups is 1. The van der Waals surface area contributed by atoms with Crippen molar-refractivity contribution < 1.29 is 37.9 Å². The Balaban J connectivity index is 3.91. The zero-order valence-electron chi connectivity index (χ0n) is 31.8. The van der Waals surface area contributed by atoms with Gasteiger partial charge < -0.3 is 28.3 Å².